The smallest absolute Gasteiger partial charge is 0.415 e. The van der Waals surface area contributed by atoms with Crippen molar-refractivity contribution in [2.75, 3.05) is 25.7 Å². The highest BCUT2D eigenvalue weighted by Gasteiger charge is 2.25. The van der Waals surface area contributed by atoms with Gasteiger partial charge in [-0.15, -0.1) is 0 Å². The van der Waals surface area contributed by atoms with E-state index in [0.29, 0.717) is 11.3 Å². The van der Waals surface area contributed by atoms with Crippen LogP contribution in [0.2, 0.25) is 0 Å². The predicted molar refractivity (Wildman–Crippen MR) is 83.4 cm³/mol. The highest BCUT2D eigenvalue weighted by molar-refractivity contribution is 5.95. The Morgan fingerprint density at radius 3 is 2.00 bits per heavy atom. The zero-order chi connectivity index (χ0) is 17.6. The molecule has 0 saturated carbocycles. The number of carbonyl (C=O) groups excluding carboxylic acids is 3. The number of carbonyl (C=O) groups is 3. The van der Waals surface area contributed by atoms with Gasteiger partial charge in [-0.3, -0.25) is 9.69 Å². The highest BCUT2D eigenvalue weighted by atomic mass is 16.6. The van der Waals surface area contributed by atoms with E-state index < -0.39 is 23.6 Å². The summed E-state index contributed by atoms with van der Waals surface area (Å²) in [6, 6.07) is 6.05. The van der Waals surface area contributed by atoms with Gasteiger partial charge in [-0.25, -0.2) is 9.59 Å². The lowest BCUT2D eigenvalue weighted by molar-refractivity contribution is -0.139. The summed E-state index contributed by atoms with van der Waals surface area (Å²) < 4.78 is 14.5. The highest BCUT2D eigenvalue weighted by Crippen LogP contribution is 2.19. The molecule has 0 aromatic heterocycles. The van der Waals surface area contributed by atoms with Gasteiger partial charge in [-0.2, -0.15) is 0 Å². The van der Waals surface area contributed by atoms with Crippen molar-refractivity contribution in [3.05, 3.63) is 29.8 Å². The summed E-state index contributed by atoms with van der Waals surface area (Å²) in [5, 5.41) is 0. The van der Waals surface area contributed by atoms with Crippen LogP contribution < -0.4 is 4.90 Å². The molecule has 0 aliphatic heterocycles. The van der Waals surface area contributed by atoms with Crippen LogP contribution >= 0.6 is 0 Å². The van der Waals surface area contributed by atoms with E-state index in [1.165, 1.54) is 38.5 Å². The second kappa shape index (κ2) is 7.62. The number of hydrogen-bond donors (Lipinski definition) is 0. The molecule has 0 aliphatic carbocycles. The number of amides is 1. The minimum Gasteiger partial charge on any atom is -0.468 e. The van der Waals surface area contributed by atoms with Crippen molar-refractivity contribution >= 4 is 23.7 Å². The van der Waals surface area contributed by atoms with E-state index in [0.717, 1.165) is 4.90 Å². The van der Waals surface area contributed by atoms with Crippen LogP contribution in [-0.2, 0) is 19.0 Å². The molecule has 1 amide bonds. The molecule has 7 heteroatoms. The van der Waals surface area contributed by atoms with Gasteiger partial charge in [-0.05, 0) is 45.0 Å². The molecule has 0 fully saturated rings. The van der Waals surface area contributed by atoms with Gasteiger partial charge in [-0.1, -0.05) is 0 Å². The van der Waals surface area contributed by atoms with Gasteiger partial charge in [0, 0.05) is 5.69 Å². The number of nitrogens with zero attached hydrogens (tertiary/aromatic N) is 1. The molecule has 0 saturated heterocycles. The molecular formula is C16H21NO6. The van der Waals surface area contributed by atoms with Crippen molar-refractivity contribution in [1.29, 1.82) is 0 Å². The Kier molecular flexibility index (Phi) is 6.12. The summed E-state index contributed by atoms with van der Waals surface area (Å²) in [6.07, 6.45) is -0.686. The monoisotopic (exact) mass is 323 g/mol. The van der Waals surface area contributed by atoms with E-state index in [2.05, 4.69) is 9.47 Å². The van der Waals surface area contributed by atoms with Crippen LogP contribution in [0.4, 0.5) is 10.5 Å². The number of benzene rings is 1. The van der Waals surface area contributed by atoms with Crippen molar-refractivity contribution in [3.8, 4) is 0 Å². The molecule has 0 aliphatic rings. The zero-order valence-electron chi connectivity index (χ0n) is 13.9. The van der Waals surface area contributed by atoms with Crippen LogP contribution in [0, 0.1) is 0 Å². The Balaban J connectivity index is 3.06. The third kappa shape index (κ3) is 5.61. The van der Waals surface area contributed by atoms with Crippen molar-refractivity contribution in [2.24, 2.45) is 0 Å². The van der Waals surface area contributed by atoms with E-state index in [1.807, 2.05) is 0 Å². The van der Waals surface area contributed by atoms with E-state index in [-0.39, 0.29) is 6.54 Å². The second-order valence-corrected chi connectivity index (χ2v) is 5.68. The molecule has 0 heterocycles. The lowest BCUT2D eigenvalue weighted by atomic mass is 10.2. The van der Waals surface area contributed by atoms with Crippen LogP contribution in [0.3, 0.4) is 0 Å². The van der Waals surface area contributed by atoms with Gasteiger partial charge >= 0.3 is 18.0 Å². The minimum atomic E-state index is -0.711. The Morgan fingerprint density at radius 2 is 1.57 bits per heavy atom. The normalized spacial score (nSPS) is 10.7. The quantitative estimate of drug-likeness (QED) is 0.625. The fourth-order valence-corrected chi connectivity index (χ4v) is 1.67. The van der Waals surface area contributed by atoms with Gasteiger partial charge < -0.3 is 14.2 Å². The third-order valence-electron chi connectivity index (χ3n) is 2.73. The van der Waals surface area contributed by atoms with Gasteiger partial charge in [0.15, 0.2) is 0 Å². The van der Waals surface area contributed by atoms with Crippen molar-refractivity contribution in [1.82, 2.24) is 0 Å². The van der Waals surface area contributed by atoms with Gasteiger partial charge in [0.2, 0.25) is 0 Å². The van der Waals surface area contributed by atoms with Gasteiger partial charge in [0.05, 0.1) is 19.8 Å². The average molecular weight is 323 g/mol. The fourth-order valence-electron chi connectivity index (χ4n) is 1.67. The molecule has 0 spiro atoms. The Hall–Kier alpha value is -2.57. The fraction of sp³-hybridized carbons (Fsp3) is 0.438. The van der Waals surface area contributed by atoms with Crippen molar-refractivity contribution in [2.45, 2.75) is 26.4 Å². The third-order valence-corrected chi connectivity index (χ3v) is 2.73. The molecule has 23 heavy (non-hydrogen) atoms. The van der Waals surface area contributed by atoms with Crippen LogP contribution in [0.25, 0.3) is 0 Å². The summed E-state index contributed by atoms with van der Waals surface area (Å²) in [5.74, 6) is -1.08. The number of hydrogen-bond acceptors (Lipinski definition) is 6. The Labute approximate surface area is 135 Å². The predicted octanol–water partition coefficient (Wildman–Crippen LogP) is 2.39. The lowest BCUT2D eigenvalue weighted by Crippen LogP contribution is -2.40. The Bertz CT molecular complexity index is 573. The standard InChI is InChI=1S/C16H21NO6/c1-16(2,3)23-15(20)17(10-13(18)21-4)12-8-6-11(7-9-12)14(19)22-5/h6-9H,10H2,1-5H3. The summed E-state index contributed by atoms with van der Waals surface area (Å²) in [5.41, 5.74) is 0.0213. The lowest BCUT2D eigenvalue weighted by Gasteiger charge is -2.26. The van der Waals surface area contributed by atoms with Crippen molar-refractivity contribution in [3.63, 3.8) is 0 Å². The molecule has 7 nitrogen and oxygen atoms in total. The van der Waals surface area contributed by atoms with E-state index in [9.17, 15) is 14.4 Å². The van der Waals surface area contributed by atoms with Crippen LogP contribution in [-0.4, -0.2) is 44.4 Å². The molecule has 1 rings (SSSR count). The minimum absolute atomic E-state index is 0.303. The SMILES string of the molecule is COC(=O)CN(C(=O)OC(C)(C)C)c1ccc(C(=O)OC)cc1. The molecule has 1 aromatic rings. The zero-order valence-corrected chi connectivity index (χ0v) is 13.9. The first-order valence-corrected chi connectivity index (χ1v) is 6.93. The average Bonchev–Trinajstić information content (AvgIpc) is 2.50. The molecule has 1 aromatic carbocycles. The van der Waals surface area contributed by atoms with Crippen molar-refractivity contribution < 1.29 is 28.6 Å². The van der Waals surface area contributed by atoms with Gasteiger partial charge in [0.1, 0.15) is 12.1 Å². The maximum atomic E-state index is 12.3. The number of rotatable bonds is 4. The molecular weight excluding hydrogens is 302 g/mol. The molecule has 126 valence electrons. The van der Waals surface area contributed by atoms with Gasteiger partial charge in [0.25, 0.3) is 0 Å². The topological polar surface area (TPSA) is 82.1 Å². The number of esters is 2. The largest absolute Gasteiger partial charge is 0.468 e. The molecule has 0 bridgehead atoms. The first-order valence-electron chi connectivity index (χ1n) is 6.93. The number of methoxy groups -OCH3 is 2. The maximum Gasteiger partial charge on any atom is 0.415 e. The number of anilines is 1. The van der Waals surface area contributed by atoms with Crippen LogP contribution in [0.1, 0.15) is 31.1 Å². The molecule has 0 radical (unpaired) electrons. The summed E-state index contributed by atoms with van der Waals surface area (Å²) in [4.78, 5) is 36.4. The molecule has 0 N–H and O–H groups in total. The van der Waals surface area contributed by atoms with Crippen LogP contribution in [0.5, 0.6) is 0 Å². The number of ether oxygens (including phenoxy) is 3. The molecule has 0 atom stereocenters. The summed E-state index contributed by atoms with van der Waals surface area (Å²) in [6.45, 7) is 4.87. The second-order valence-electron chi connectivity index (χ2n) is 5.68. The first-order chi connectivity index (χ1) is 10.7. The van der Waals surface area contributed by atoms with Crippen LogP contribution in [0.15, 0.2) is 24.3 Å². The maximum absolute atomic E-state index is 12.3. The van der Waals surface area contributed by atoms with E-state index in [1.54, 1.807) is 20.8 Å². The summed E-state index contributed by atoms with van der Waals surface area (Å²) in [7, 11) is 2.51. The molecule has 0 unspecified atom stereocenters. The first kappa shape index (κ1) is 18.5. The van der Waals surface area contributed by atoms with E-state index >= 15 is 0 Å². The van der Waals surface area contributed by atoms with E-state index in [4.69, 9.17) is 4.74 Å². The Morgan fingerprint density at radius 1 is 1.00 bits per heavy atom. The summed E-state index contributed by atoms with van der Waals surface area (Å²) >= 11 is 0.